The van der Waals surface area contributed by atoms with Gasteiger partial charge in [0, 0.05) is 19.7 Å². The van der Waals surface area contributed by atoms with Gasteiger partial charge in [-0.15, -0.1) is 0 Å². The molecule has 0 saturated carbocycles. The van der Waals surface area contributed by atoms with Gasteiger partial charge in [-0.05, 0) is 31.0 Å². The van der Waals surface area contributed by atoms with Gasteiger partial charge >= 0.3 is 0 Å². The van der Waals surface area contributed by atoms with E-state index in [1.54, 1.807) is 21.3 Å². The lowest BCUT2D eigenvalue weighted by molar-refractivity contribution is 0.0712. The van der Waals surface area contributed by atoms with Crippen LogP contribution in [0.15, 0.2) is 18.2 Å². The highest BCUT2D eigenvalue weighted by molar-refractivity contribution is 5.43. The van der Waals surface area contributed by atoms with E-state index >= 15 is 0 Å². The molecule has 0 saturated heterocycles. The number of hydrogen-bond acceptors (Lipinski definition) is 5. The van der Waals surface area contributed by atoms with Gasteiger partial charge in [0.25, 0.3) is 0 Å². The molecule has 1 aromatic rings. The Labute approximate surface area is 127 Å². The molecule has 0 heterocycles. The highest BCUT2D eigenvalue weighted by Crippen LogP contribution is 2.27. The molecule has 120 valence electrons. The Morgan fingerprint density at radius 3 is 2.43 bits per heavy atom. The Kier molecular flexibility index (Phi) is 8.82. The van der Waals surface area contributed by atoms with Crippen molar-refractivity contribution in [3.8, 4) is 11.5 Å². The summed E-state index contributed by atoms with van der Waals surface area (Å²) in [6.07, 6.45) is 0.929. The topological polar surface area (TPSA) is 49.0 Å². The van der Waals surface area contributed by atoms with Crippen molar-refractivity contribution in [1.82, 2.24) is 5.32 Å². The van der Waals surface area contributed by atoms with Gasteiger partial charge in [0.2, 0.25) is 0 Å². The molecule has 5 heteroatoms. The van der Waals surface area contributed by atoms with Crippen molar-refractivity contribution >= 4 is 0 Å². The molecule has 0 fully saturated rings. The molecular weight excluding hydrogens is 270 g/mol. The van der Waals surface area contributed by atoms with Crippen LogP contribution in [0.25, 0.3) is 0 Å². The number of nitrogens with one attached hydrogen (secondary N) is 1. The largest absolute Gasteiger partial charge is 0.493 e. The van der Waals surface area contributed by atoms with Gasteiger partial charge in [-0.2, -0.15) is 0 Å². The van der Waals surface area contributed by atoms with Crippen molar-refractivity contribution in [2.45, 2.75) is 19.4 Å². The minimum absolute atomic E-state index is 0.370. The number of hydrogen-bond donors (Lipinski definition) is 1. The monoisotopic (exact) mass is 297 g/mol. The van der Waals surface area contributed by atoms with E-state index in [0.717, 1.165) is 24.5 Å². The smallest absolute Gasteiger partial charge is 0.160 e. The molecule has 21 heavy (non-hydrogen) atoms. The summed E-state index contributed by atoms with van der Waals surface area (Å²) in [6, 6.07) is 6.39. The van der Waals surface area contributed by atoms with Crippen LogP contribution < -0.4 is 14.8 Å². The standard InChI is InChI=1S/C16H27NO4/c1-13(17-7-8-21-10-9-18-2)11-14-5-6-15(19-3)16(12-14)20-4/h5-6,12-13,17H,7-11H2,1-4H3. The number of rotatable bonds is 11. The van der Waals surface area contributed by atoms with E-state index < -0.39 is 0 Å². The molecule has 1 unspecified atom stereocenters. The minimum Gasteiger partial charge on any atom is -0.493 e. The Morgan fingerprint density at radius 2 is 1.76 bits per heavy atom. The first-order valence-electron chi connectivity index (χ1n) is 7.22. The van der Waals surface area contributed by atoms with Crippen LogP contribution in [-0.2, 0) is 15.9 Å². The van der Waals surface area contributed by atoms with Crippen molar-refractivity contribution in [2.24, 2.45) is 0 Å². The third kappa shape index (κ3) is 6.80. The van der Waals surface area contributed by atoms with E-state index in [1.165, 1.54) is 5.56 Å². The summed E-state index contributed by atoms with van der Waals surface area (Å²) in [5.41, 5.74) is 1.22. The summed E-state index contributed by atoms with van der Waals surface area (Å²) in [4.78, 5) is 0. The molecule has 1 aromatic carbocycles. The van der Waals surface area contributed by atoms with Crippen LogP contribution in [0.3, 0.4) is 0 Å². The Hall–Kier alpha value is -1.30. The van der Waals surface area contributed by atoms with Gasteiger partial charge in [0.1, 0.15) is 0 Å². The van der Waals surface area contributed by atoms with E-state index in [9.17, 15) is 0 Å². The molecule has 1 atom stereocenters. The third-order valence-electron chi connectivity index (χ3n) is 3.16. The molecule has 1 N–H and O–H groups in total. The average Bonchev–Trinajstić information content (AvgIpc) is 2.50. The molecule has 5 nitrogen and oxygen atoms in total. The Morgan fingerprint density at radius 1 is 1.00 bits per heavy atom. The lowest BCUT2D eigenvalue weighted by Gasteiger charge is -2.15. The van der Waals surface area contributed by atoms with Crippen LogP contribution >= 0.6 is 0 Å². The number of benzene rings is 1. The highest BCUT2D eigenvalue weighted by Gasteiger charge is 2.07. The number of ether oxygens (including phenoxy) is 4. The quantitative estimate of drug-likeness (QED) is 0.632. The van der Waals surface area contributed by atoms with Crippen molar-refractivity contribution in [1.29, 1.82) is 0 Å². The average molecular weight is 297 g/mol. The molecule has 1 rings (SSSR count). The van der Waals surface area contributed by atoms with Gasteiger partial charge in [-0.1, -0.05) is 6.07 Å². The normalized spacial score (nSPS) is 12.2. The first kappa shape index (κ1) is 17.8. The summed E-state index contributed by atoms with van der Waals surface area (Å²) in [5, 5.41) is 3.44. The van der Waals surface area contributed by atoms with E-state index in [0.29, 0.717) is 25.9 Å². The second-order valence-corrected chi connectivity index (χ2v) is 4.85. The van der Waals surface area contributed by atoms with Crippen LogP contribution in [0, 0.1) is 0 Å². The van der Waals surface area contributed by atoms with Gasteiger partial charge in [0.15, 0.2) is 11.5 Å². The van der Waals surface area contributed by atoms with Crippen LogP contribution in [0.4, 0.5) is 0 Å². The summed E-state index contributed by atoms with van der Waals surface area (Å²) < 4.78 is 20.9. The fourth-order valence-corrected chi connectivity index (χ4v) is 2.06. The zero-order valence-corrected chi connectivity index (χ0v) is 13.5. The van der Waals surface area contributed by atoms with Crippen LogP contribution in [-0.4, -0.2) is 53.7 Å². The fraction of sp³-hybridized carbons (Fsp3) is 0.625. The molecule has 0 aliphatic rings. The van der Waals surface area contributed by atoms with E-state index in [2.05, 4.69) is 18.3 Å². The van der Waals surface area contributed by atoms with Crippen LogP contribution in [0.5, 0.6) is 11.5 Å². The Balaban J connectivity index is 2.32. The maximum absolute atomic E-state index is 5.42. The van der Waals surface area contributed by atoms with Crippen LogP contribution in [0.1, 0.15) is 12.5 Å². The predicted molar refractivity (Wildman–Crippen MR) is 83.4 cm³/mol. The van der Waals surface area contributed by atoms with Gasteiger partial charge in [-0.3, -0.25) is 0 Å². The van der Waals surface area contributed by atoms with E-state index in [-0.39, 0.29) is 0 Å². The molecule has 0 bridgehead atoms. The molecule has 0 aliphatic heterocycles. The molecular formula is C16H27NO4. The SMILES string of the molecule is COCCOCCNC(C)Cc1ccc(OC)c(OC)c1. The summed E-state index contributed by atoms with van der Waals surface area (Å²) in [6.45, 7) is 4.97. The molecule has 0 spiro atoms. The van der Waals surface area contributed by atoms with Crippen molar-refractivity contribution < 1.29 is 18.9 Å². The third-order valence-corrected chi connectivity index (χ3v) is 3.16. The zero-order valence-electron chi connectivity index (χ0n) is 13.5. The lowest BCUT2D eigenvalue weighted by Crippen LogP contribution is -2.31. The summed E-state index contributed by atoms with van der Waals surface area (Å²) in [7, 11) is 4.97. The van der Waals surface area contributed by atoms with Crippen molar-refractivity contribution in [3.05, 3.63) is 23.8 Å². The first-order chi connectivity index (χ1) is 10.2. The van der Waals surface area contributed by atoms with Crippen molar-refractivity contribution in [3.63, 3.8) is 0 Å². The summed E-state index contributed by atoms with van der Waals surface area (Å²) in [5.74, 6) is 1.53. The highest BCUT2D eigenvalue weighted by atomic mass is 16.5. The van der Waals surface area contributed by atoms with E-state index in [4.69, 9.17) is 18.9 Å². The fourth-order valence-electron chi connectivity index (χ4n) is 2.06. The molecule has 0 amide bonds. The maximum Gasteiger partial charge on any atom is 0.160 e. The zero-order chi connectivity index (χ0) is 15.5. The summed E-state index contributed by atoms with van der Waals surface area (Å²) >= 11 is 0. The lowest BCUT2D eigenvalue weighted by atomic mass is 10.1. The number of methoxy groups -OCH3 is 3. The van der Waals surface area contributed by atoms with Crippen LogP contribution in [0.2, 0.25) is 0 Å². The molecule has 0 aliphatic carbocycles. The molecule has 0 aromatic heterocycles. The maximum atomic E-state index is 5.42. The second-order valence-electron chi connectivity index (χ2n) is 4.85. The minimum atomic E-state index is 0.370. The van der Waals surface area contributed by atoms with Gasteiger partial charge < -0.3 is 24.3 Å². The first-order valence-corrected chi connectivity index (χ1v) is 7.22. The van der Waals surface area contributed by atoms with Gasteiger partial charge in [-0.25, -0.2) is 0 Å². The Bertz CT molecular complexity index is 398. The van der Waals surface area contributed by atoms with Crippen molar-refractivity contribution in [2.75, 3.05) is 47.7 Å². The predicted octanol–water partition coefficient (Wildman–Crippen LogP) is 1.89. The van der Waals surface area contributed by atoms with Gasteiger partial charge in [0.05, 0.1) is 34.0 Å². The van der Waals surface area contributed by atoms with E-state index in [1.807, 2.05) is 12.1 Å². The molecule has 0 radical (unpaired) electrons. The second kappa shape index (κ2) is 10.4.